The van der Waals surface area contributed by atoms with Crippen molar-refractivity contribution in [1.82, 2.24) is 5.32 Å². The Morgan fingerprint density at radius 2 is 2.00 bits per heavy atom. The summed E-state index contributed by atoms with van der Waals surface area (Å²) >= 11 is 0. The van der Waals surface area contributed by atoms with Gasteiger partial charge in [0.1, 0.15) is 6.61 Å². The fraction of sp³-hybridized carbons (Fsp3) is 0.917. The first-order chi connectivity index (χ1) is 8.58. The summed E-state index contributed by atoms with van der Waals surface area (Å²) in [4.78, 5) is 11.5. The standard InChI is InChI=1S/C12H22F2N2O2/c13-11(14)8-18-6-5-16-12(17)7-9-1-3-10(15)4-2-9/h9-11H,1-8,15H2,(H,16,17). The number of nitrogens with two attached hydrogens (primary N) is 1. The number of alkyl halides is 2. The Labute approximate surface area is 106 Å². The normalized spacial score (nSPS) is 24.2. The third-order valence-electron chi connectivity index (χ3n) is 3.18. The van der Waals surface area contributed by atoms with Crippen LogP contribution in [0.1, 0.15) is 32.1 Å². The highest BCUT2D eigenvalue weighted by atomic mass is 19.3. The van der Waals surface area contributed by atoms with Crippen molar-refractivity contribution >= 4 is 5.91 Å². The molecule has 0 atom stereocenters. The number of rotatable bonds is 7. The number of halogens is 2. The van der Waals surface area contributed by atoms with Crippen LogP contribution in [-0.4, -0.2) is 38.1 Å². The van der Waals surface area contributed by atoms with E-state index in [1.54, 1.807) is 0 Å². The average molecular weight is 264 g/mol. The minimum Gasteiger partial charge on any atom is -0.374 e. The summed E-state index contributed by atoms with van der Waals surface area (Å²) in [5.41, 5.74) is 5.79. The van der Waals surface area contributed by atoms with Gasteiger partial charge in [-0.1, -0.05) is 0 Å². The Morgan fingerprint density at radius 3 is 2.61 bits per heavy atom. The summed E-state index contributed by atoms with van der Waals surface area (Å²) in [6.45, 7) is -0.153. The molecule has 1 saturated carbocycles. The van der Waals surface area contributed by atoms with E-state index < -0.39 is 13.0 Å². The zero-order valence-corrected chi connectivity index (χ0v) is 10.5. The quantitative estimate of drug-likeness (QED) is 0.681. The highest BCUT2D eigenvalue weighted by molar-refractivity contribution is 5.76. The predicted molar refractivity (Wildman–Crippen MR) is 64.4 cm³/mol. The van der Waals surface area contributed by atoms with Crippen LogP contribution in [0, 0.1) is 5.92 Å². The molecule has 1 aliphatic carbocycles. The van der Waals surface area contributed by atoms with Crippen LogP contribution in [0.25, 0.3) is 0 Å². The molecule has 0 unspecified atom stereocenters. The van der Waals surface area contributed by atoms with E-state index in [2.05, 4.69) is 10.1 Å². The largest absolute Gasteiger partial charge is 0.374 e. The second-order valence-corrected chi connectivity index (χ2v) is 4.80. The maximum Gasteiger partial charge on any atom is 0.261 e. The molecule has 0 aromatic heterocycles. The molecule has 0 radical (unpaired) electrons. The van der Waals surface area contributed by atoms with Crippen molar-refractivity contribution in [2.75, 3.05) is 19.8 Å². The molecular weight excluding hydrogens is 242 g/mol. The van der Waals surface area contributed by atoms with E-state index in [-0.39, 0.29) is 25.1 Å². The number of carbonyl (C=O) groups excluding carboxylic acids is 1. The van der Waals surface area contributed by atoms with Crippen molar-refractivity contribution in [1.29, 1.82) is 0 Å². The van der Waals surface area contributed by atoms with Gasteiger partial charge in [-0.2, -0.15) is 0 Å². The Hall–Kier alpha value is -0.750. The van der Waals surface area contributed by atoms with Crippen LogP contribution >= 0.6 is 0 Å². The van der Waals surface area contributed by atoms with Crippen LogP contribution in [0.3, 0.4) is 0 Å². The molecule has 1 amide bonds. The Kier molecular flexibility index (Phi) is 7.12. The first-order valence-corrected chi connectivity index (χ1v) is 6.46. The zero-order chi connectivity index (χ0) is 13.4. The minimum absolute atomic E-state index is 0.0314. The van der Waals surface area contributed by atoms with E-state index in [1.165, 1.54) is 0 Å². The van der Waals surface area contributed by atoms with Crippen LogP contribution in [0.5, 0.6) is 0 Å². The van der Waals surface area contributed by atoms with E-state index in [9.17, 15) is 13.6 Å². The SMILES string of the molecule is NC1CCC(CC(=O)NCCOCC(F)F)CC1. The summed E-state index contributed by atoms with van der Waals surface area (Å²) in [5.74, 6) is 0.378. The van der Waals surface area contributed by atoms with Gasteiger partial charge < -0.3 is 15.8 Å². The second-order valence-electron chi connectivity index (χ2n) is 4.80. The third-order valence-corrected chi connectivity index (χ3v) is 3.18. The molecule has 0 saturated heterocycles. The van der Waals surface area contributed by atoms with Gasteiger partial charge in [-0.25, -0.2) is 8.78 Å². The first-order valence-electron chi connectivity index (χ1n) is 6.46. The molecule has 0 spiro atoms. The van der Waals surface area contributed by atoms with E-state index in [4.69, 9.17) is 5.73 Å². The third kappa shape index (κ3) is 6.86. The van der Waals surface area contributed by atoms with Gasteiger partial charge in [-0.05, 0) is 31.6 Å². The molecule has 4 nitrogen and oxygen atoms in total. The van der Waals surface area contributed by atoms with E-state index >= 15 is 0 Å². The molecule has 106 valence electrons. The highest BCUT2D eigenvalue weighted by Gasteiger charge is 2.20. The number of hydrogen-bond donors (Lipinski definition) is 2. The van der Waals surface area contributed by atoms with Crippen molar-refractivity contribution in [3.05, 3.63) is 0 Å². The van der Waals surface area contributed by atoms with Gasteiger partial charge in [-0.15, -0.1) is 0 Å². The van der Waals surface area contributed by atoms with Gasteiger partial charge in [0.25, 0.3) is 6.43 Å². The molecule has 0 aromatic rings. The first kappa shape index (κ1) is 15.3. The van der Waals surface area contributed by atoms with Crippen molar-refractivity contribution in [2.24, 2.45) is 11.7 Å². The maximum absolute atomic E-state index is 11.7. The van der Waals surface area contributed by atoms with Crippen LogP contribution in [-0.2, 0) is 9.53 Å². The Morgan fingerprint density at radius 1 is 1.33 bits per heavy atom. The van der Waals surface area contributed by atoms with E-state index in [1.807, 2.05) is 0 Å². The van der Waals surface area contributed by atoms with E-state index in [0.717, 1.165) is 25.7 Å². The predicted octanol–water partition coefficient (Wildman–Crippen LogP) is 1.29. The fourth-order valence-electron chi connectivity index (χ4n) is 2.16. The van der Waals surface area contributed by atoms with Gasteiger partial charge in [0.15, 0.2) is 0 Å². The fourth-order valence-corrected chi connectivity index (χ4v) is 2.16. The molecule has 0 bridgehead atoms. The average Bonchev–Trinajstić information content (AvgIpc) is 2.31. The molecule has 3 N–H and O–H groups in total. The van der Waals surface area contributed by atoms with Gasteiger partial charge in [-0.3, -0.25) is 4.79 Å². The summed E-state index contributed by atoms with van der Waals surface area (Å²) < 4.78 is 28.1. The number of hydrogen-bond acceptors (Lipinski definition) is 3. The highest BCUT2D eigenvalue weighted by Crippen LogP contribution is 2.25. The minimum atomic E-state index is -2.45. The number of ether oxygens (including phenoxy) is 1. The molecule has 1 fully saturated rings. The molecule has 1 rings (SSSR count). The molecule has 0 aliphatic heterocycles. The summed E-state index contributed by atoms with van der Waals surface area (Å²) in [6, 6.07) is 0.284. The topological polar surface area (TPSA) is 64.4 Å². The van der Waals surface area contributed by atoms with E-state index in [0.29, 0.717) is 12.3 Å². The number of nitrogens with one attached hydrogen (secondary N) is 1. The molecular formula is C12H22F2N2O2. The lowest BCUT2D eigenvalue weighted by Crippen LogP contribution is -2.32. The molecule has 0 aromatic carbocycles. The molecule has 1 aliphatic rings. The monoisotopic (exact) mass is 264 g/mol. The van der Waals surface area contributed by atoms with Gasteiger partial charge in [0.2, 0.25) is 5.91 Å². The Balaban J connectivity index is 2.00. The number of amides is 1. The van der Waals surface area contributed by atoms with Crippen LogP contribution in [0.15, 0.2) is 0 Å². The van der Waals surface area contributed by atoms with Gasteiger partial charge in [0, 0.05) is 19.0 Å². The lowest BCUT2D eigenvalue weighted by molar-refractivity contribution is -0.122. The number of carbonyl (C=O) groups is 1. The summed E-state index contributed by atoms with van der Waals surface area (Å²) in [5, 5.41) is 2.67. The van der Waals surface area contributed by atoms with Crippen molar-refractivity contribution in [2.45, 2.75) is 44.6 Å². The van der Waals surface area contributed by atoms with Gasteiger partial charge >= 0.3 is 0 Å². The zero-order valence-electron chi connectivity index (χ0n) is 10.5. The van der Waals surface area contributed by atoms with Crippen LogP contribution in [0.4, 0.5) is 8.78 Å². The van der Waals surface area contributed by atoms with Crippen LogP contribution < -0.4 is 11.1 Å². The van der Waals surface area contributed by atoms with Crippen molar-refractivity contribution in [3.8, 4) is 0 Å². The smallest absolute Gasteiger partial charge is 0.261 e. The summed E-state index contributed by atoms with van der Waals surface area (Å²) in [7, 11) is 0. The van der Waals surface area contributed by atoms with Crippen molar-refractivity contribution in [3.63, 3.8) is 0 Å². The molecule has 0 heterocycles. The molecule has 6 heteroatoms. The second kappa shape index (κ2) is 8.37. The lowest BCUT2D eigenvalue weighted by atomic mass is 9.84. The molecule has 18 heavy (non-hydrogen) atoms. The lowest BCUT2D eigenvalue weighted by Gasteiger charge is -2.25. The summed E-state index contributed by atoms with van der Waals surface area (Å²) in [6.07, 6.45) is 2.01. The van der Waals surface area contributed by atoms with Gasteiger partial charge in [0.05, 0.1) is 6.61 Å². The maximum atomic E-state index is 11.7. The van der Waals surface area contributed by atoms with Crippen molar-refractivity contribution < 1.29 is 18.3 Å². The van der Waals surface area contributed by atoms with Crippen LogP contribution in [0.2, 0.25) is 0 Å². The Bertz CT molecular complexity index is 244.